The van der Waals surface area contributed by atoms with E-state index in [1.54, 1.807) is 12.1 Å². The maximum atomic E-state index is 14.0. The highest BCUT2D eigenvalue weighted by Gasteiger charge is 2.17. The predicted molar refractivity (Wildman–Crippen MR) is 87.6 cm³/mol. The highest BCUT2D eigenvalue weighted by molar-refractivity contribution is 6.31. The number of rotatable bonds is 4. The Hall–Kier alpha value is -1.38. The monoisotopic (exact) mass is 305 g/mol. The molecule has 1 N–H and O–H groups in total. The summed E-state index contributed by atoms with van der Waals surface area (Å²) >= 11 is 6.15. The fraction of sp³-hybridized carbons (Fsp3) is 0.333. The lowest BCUT2D eigenvalue weighted by atomic mass is 9.92. The molecule has 0 fully saturated rings. The van der Waals surface area contributed by atoms with Crippen LogP contribution in [0.25, 0.3) is 0 Å². The predicted octanol–water partition coefficient (Wildman–Crippen LogP) is 4.91. The number of benzene rings is 2. The number of nitrogens with one attached hydrogen (secondary N) is 1. The first-order valence-corrected chi connectivity index (χ1v) is 7.49. The van der Waals surface area contributed by atoms with Crippen molar-refractivity contribution in [2.24, 2.45) is 0 Å². The molecule has 0 saturated carbocycles. The van der Waals surface area contributed by atoms with Crippen LogP contribution in [-0.4, -0.2) is 7.05 Å². The third-order valence-corrected chi connectivity index (χ3v) is 4.43. The van der Waals surface area contributed by atoms with Gasteiger partial charge < -0.3 is 5.32 Å². The van der Waals surface area contributed by atoms with Crippen LogP contribution < -0.4 is 5.32 Å². The van der Waals surface area contributed by atoms with Gasteiger partial charge in [0.15, 0.2) is 0 Å². The molecule has 112 valence electrons. The molecule has 1 unspecified atom stereocenters. The van der Waals surface area contributed by atoms with Gasteiger partial charge in [-0.3, -0.25) is 0 Å². The zero-order chi connectivity index (χ0) is 15.6. The van der Waals surface area contributed by atoms with Crippen molar-refractivity contribution in [2.45, 2.75) is 33.2 Å². The Balaban J connectivity index is 2.39. The highest BCUT2D eigenvalue weighted by Crippen LogP contribution is 2.28. The number of aryl methyl sites for hydroxylation is 3. The first-order chi connectivity index (χ1) is 9.93. The normalized spacial score (nSPS) is 12.5. The van der Waals surface area contributed by atoms with Gasteiger partial charge in [0, 0.05) is 16.6 Å². The second kappa shape index (κ2) is 6.59. The SMILES string of the molecule is CNC(Cc1c(F)cccc1Cl)c1cc(C)c(C)cc1C. The van der Waals surface area contributed by atoms with Crippen molar-refractivity contribution in [1.29, 1.82) is 0 Å². The Kier molecular flexibility index (Phi) is 5.02. The summed E-state index contributed by atoms with van der Waals surface area (Å²) in [5.41, 5.74) is 5.49. The van der Waals surface area contributed by atoms with Gasteiger partial charge in [-0.2, -0.15) is 0 Å². The molecule has 0 amide bonds. The Morgan fingerprint density at radius 2 is 1.76 bits per heavy atom. The minimum atomic E-state index is -0.246. The molecule has 0 spiro atoms. The lowest BCUT2D eigenvalue weighted by Crippen LogP contribution is -2.21. The van der Waals surface area contributed by atoms with Crippen LogP contribution in [0.4, 0.5) is 4.39 Å². The summed E-state index contributed by atoms with van der Waals surface area (Å²) < 4.78 is 14.0. The summed E-state index contributed by atoms with van der Waals surface area (Å²) in [6.07, 6.45) is 0.533. The van der Waals surface area contributed by atoms with Crippen LogP contribution in [0, 0.1) is 26.6 Å². The minimum absolute atomic E-state index is 0.0405. The summed E-state index contributed by atoms with van der Waals surface area (Å²) in [7, 11) is 1.90. The molecule has 0 aliphatic carbocycles. The van der Waals surface area contributed by atoms with Gasteiger partial charge in [-0.05, 0) is 68.6 Å². The summed E-state index contributed by atoms with van der Waals surface area (Å²) in [5, 5.41) is 3.77. The standard InChI is InChI=1S/C18H21ClFN/c1-11-8-13(3)14(9-12(11)2)18(21-4)10-15-16(19)6-5-7-17(15)20/h5-9,18,21H,10H2,1-4H3. The van der Waals surface area contributed by atoms with Crippen molar-refractivity contribution in [3.63, 3.8) is 0 Å². The summed E-state index contributed by atoms with van der Waals surface area (Å²) in [6.45, 7) is 6.30. The van der Waals surface area contributed by atoms with Crippen LogP contribution in [0.2, 0.25) is 5.02 Å². The third kappa shape index (κ3) is 3.45. The van der Waals surface area contributed by atoms with E-state index in [2.05, 4.69) is 38.2 Å². The molecular formula is C18H21ClFN. The van der Waals surface area contributed by atoms with Gasteiger partial charge in [0.2, 0.25) is 0 Å². The van der Waals surface area contributed by atoms with Gasteiger partial charge >= 0.3 is 0 Å². The van der Waals surface area contributed by atoms with Crippen LogP contribution in [0.3, 0.4) is 0 Å². The Morgan fingerprint density at radius 3 is 2.38 bits per heavy atom. The van der Waals surface area contributed by atoms with Crippen LogP contribution >= 0.6 is 11.6 Å². The third-order valence-electron chi connectivity index (χ3n) is 4.08. The molecule has 21 heavy (non-hydrogen) atoms. The van der Waals surface area contributed by atoms with Crippen LogP contribution in [-0.2, 0) is 6.42 Å². The number of halogens is 2. The fourth-order valence-electron chi connectivity index (χ4n) is 2.66. The first kappa shape index (κ1) is 16.0. The smallest absolute Gasteiger partial charge is 0.127 e. The molecule has 0 saturated heterocycles. The first-order valence-electron chi connectivity index (χ1n) is 7.12. The molecule has 0 radical (unpaired) electrons. The summed E-state index contributed by atoms with van der Waals surface area (Å²) in [4.78, 5) is 0. The molecule has 0 bridgehead atoms. The molecule has 0 heterocycles. The molecule has 3 heteroatoms. The van der Waals surface area contributed by atoms with Gasteiger partial charge in [-0.15, -0.1) is 0 Å². The maximum absolute atomic E-state index is 14.0. The highest BCUT2D eigenvalue weighted by atomic mass is 35.5. The van der Waals surface area contributed by atoms with Gasteiger partial charge in [0.05, 0.1) is 0 Å². The van der Waals surface area contributed by atoms with E-state index in [9.17, 15) is 4.39 Å². The van der Waals surface area contributed by atoms with E-state index in [0.717, 1.165) is 0 Å². The van der Waals surface area contributed by atoms with E-state index >= 15 is 0 Å². The molecule has 0 aliphatic heterocycles. The van der Waals surface area contributed by atoms with Gasteiger partial charge in [-0.25, -0.2) is 4.39 Å². The Labute approximate surface area is 131 Å². The van der Waals surface area contributed by atoms with Crippen LogP contribution in [0.15, 0.2) is 30.3 Å². The van der Waals surface area contributed by atoms with E-state index in [1.807, 2.05) is 7.05 Å². The van der Waals surface area contributed by atoms with Crippen molar-refractivity contribution in [3.05, 3.63) is 69.0 Å². The van der Waals surface area contributed by atoms with Crippen molar-refractivity contribution in [3.8, 4) is 0 Å². The van der Waals surface area contributed by atoms with Gasteiger partial charge in [0.25, 0.3) is 0 Å². The lowest BCUT2D eigenvalue weighted by Gasteiger charge is -2.21. The summed E-state index contributed by atoms with van der Waals surface area (Å²) in [6, 6.07) is 9.23. The fourth-order valence-corrected chi connectivity index (χ4v) is 2.90. The van der Waals surface area contributed by atoms with Crippen LogP contribution in [0.1, 0.15) is 33.9 Å². The van der Waals surface area contributed by atoms with Crippen molar-refractivity contribution >= 4 is 11.6 Å². The Morgan fingerprint density at radius 1 is 1.10 bits per heavy atom. The van der Waals surface area contributed by atoms with Gasteiger partial charge in [-0.1, -0.05) is 29.8 Å². The molecule has 1 atom stereocenters. The zero-order valence-corrected chi connectivity index (χ0v) is 13.7. The van der Waals surface area contributed by atoms with Crippen molar-refractivity contribution in [1.82, 2.24) is 5.32 Å². The van der Waals surface area contributed by atoms with Crippen LogP contribution in [0.5, 0.6) is 0 Å². The lowest BCUT2D eigenvalue weighted by molar-refractivity contribution is 0.552. The van der Waals surface area contributed by atoms with E-state index in [1.165, 1.54) is 28.3 Å². The average Bonchev–Trinajstić information content (AvgIpc) is 2.43. The van der Waals surface area contributed by atoms with Gasteiger partial charge in [0.1, 0.15) is 5.82 Å². The van der Waals surface area contributed by atoms with E-state index < -0.39 is 0 Å². The molecule has 0 aliphatic rings. The topological polar surface area (TPSA) is 12.0 Å². The minimum Gasteiger partial charge on any atom is -0.313 e. The van der Waals surface area contributed by atoms with E-state index in [-0.39, 0.29) is 11.9 Å². The zero-order valence-electron chi connectivity index (χ0n) is 12.9. The van der Waals surface area contributed by atoms with E-state index in [4.69, 9.17) is 11.6 Å². The summed E-state index contributed by atoms with van der Waals surface area (Å²) in [5.74, 6) is -0.246. The second-order valence-electron chi connectivity index (χ2n) is 5.54. The molecule has 1 nitrogen and oxygen atoms in total. The number of hydrogen-bond donors (Lipinski definition) is 1. The molecule has 2 aromatic carbocycles. The molecule has 0 aromatic heterocycles. The number of hydrogen-bond acceptors (Lipinski definition) is 1. The van der Waals surface area contributed by atoms with Crippen molar-refractivity contribution < 1.29 is 4.39 Å². The van der Waals surface area contributed by atoms with Crippen molar-refractivity contribution in [2.75, 3.05) is 7.05 Å². The number of likely N-dealkylation sites (N-methyl/N-ethyl adjacent to an activating group) is 1. The Bertz CT molecular complexity index is 632. The van der Waals surface area contributed by atoms with E-state index in [0.29, 0.717) is 17.0 Å². The molecule has 2 rings (SSSR count). The molecule has 2 aromatic rings. The molecular weight excluding hydrogens is 285 g/mol. The largest absolute Gasteiger partial charge is 0.313 e. The quantitative estimate of drug-likeness (QED) is 0.846. The maximum Gasteiger partial charge on any atom is 0.127 e. The average molecular weight is 306 g/mol. The second-order valence-corrected chi connectivity index (χ2v) is 5.95.